The van der Waals surface area contributed by atoms with E-state index in [1.54, 1.807) is 0 Å². The summed E-state index contributed by atoms with van der Waals surface area (Å²) in [5.74, 6) is 2.23. The van der Waals surface area contributed by atoms with Crippen molar-refractivity contribution >= 4 is 5.91 Å². The minimum atomic E-state index is 0.135. The molecule has 0 bridgehead atoms. The van der Waals surface area contributed by atoms with Crippen molar-refractivity contribution in [1.29, 1.82) is 0 Å². The molecule has 0 fully saturated rings. The highest BCUT2D eigenvalue weighted by Crippen LogP contribution is 2.18. The SMILES string of the molecule is O=C(NCc1nnc2n1CCC2)C1CC=CCC1. The van der Waals surface area contributed by atoms with Crippen LogP contribution < -0.4 is 5.32 Å². The van der Waals surface area contributed by atoms with Gasteiger partial charge in [-0.15, -0.1) is 10.2 Å². The van der Waals surface area contributed by atoms with E-state index >= 15 is 0 Å². The molecule has 18 heavy (non-hydrogen) atoms. The highest BCUT2D eigenvalue weighted by Gasteiger charge is 2.21. The number of hydrogen-bond donors (Lipinski definition) is 1. The van der Waals surface area contributed by atoms with E-state index in [0.717, 1.165) is 50.3 Å². The van der Waals surface area contributed by atoms with Crippen molar-refractivity contribution in [2.75, 3.05) is 0 Å². The number of nitrogens with one attached hydrogen (secondary N) is 1. The molecule has 0 spiro atoms. The van der Waals surface area contributed by atoms with Gasteiger partial charge in [-0.2, -0.15) is 0 Å². The summed E-state index contributed by atoms with van der Waals surface area (Å²) in [6, 6.07) is 0. The first kappa shape index (κ1) is 11.4. The molecule has 1 aliphatic heterocycles. The predicted octanol–water partition coefficient (Wildman–Crippen LogP) is 1.20. The van der Waals surface area contributed by atoms with Gasteiger partial charge in [0.15, 0.2) is 5.82 Å². The van der Waals surface area contributed by atoms with E-state index < -0.39 is 0 Å². The molecule has 1 aromatic rings. The number of amides is 1. The van der Waals surface area contributed by atoms with Gasteiger partial charge >= 0.3 is 0 Å². The van der Waals surface area contributed by atoms with Crippen molar-refractivity contribution in [3.8, 4) is 0 Å². The average molecular weight is 246 g/mol. The number of allylic oxidation sites excluding steroid dienone is 2. The molecule has 5 nitrogen and oxygen atoms in total. The Morgan fingerprint density at radius 3 is 3.22 bits per heavy atom. The smallest absolute Gasteiger partial charge is 0.223 e. The maximum absolute atomic E-state index is 12.0. The summed E-state index contributed by atoms with van der Waals surface area (Å²) in [4.78, 5) is 12.0. The van der Waals surface area contributed by atoms with E-state index in [1.165, 1.54) is 0 Å². The standard InChI is InChI=1S/C13H18N4O/c18-13(10-5-2-1-3-6-10)14-9-12-16-15-11-7-4-8-17(11)12/h1-2,10H,3-9H2,(H,14,18). The molecule has 1 aliphatic carbocycles. The Balaban J connectivity index is 1.57. The molecule has 0 radical (unpaired) electrons. The molecular formula is C13H18N4O. The van der Waals surface area contributed by atoms with Gasteiger partial charge in [-0.25, -0.2) is 0 Å². The van der Waals surface area contributed by atoms with Gasteiger partial charge in [0.05, 0.1) is 6.54 Å². The fourth-order valence-electron chi connectivity index (χ4n) is 2.68. The Kier molecular flexibility index (Phi) is 3.13. The Morgan fingerprint density at radius 1 is 1.44 bits per heavy atom. The van der Waals surface area contributed by atoms with Crippen molar-refractivity contribution in [2.45, 2.75) is 45.2 Å². The lowest BCUT2D eigenvalue weighted by molar-refractivity contribution is -0.125. The Labute approximate surface area is 106 Å². The van der Waals surface area contributed by atoms with Gasteiger partial charge in [-0.1, -0.05) is 12.2 Å². The first-order valence-electron chi connectivity index (χ1n) is 6.68. The lowest BCUT2D eigenvalue weighted by Crippen LogP contribution is -2.31. The van der Waals surface area contributed by atoms with Crippen LogP contribution in [0.15, 0.2) is 12.2 Å². The number of hydrogen-bond acceptors (Lipinski definition) is 3. The zero-order valence-electron chi connectivity index (χ0n) is 10.4. The molecule has 1 atom stereocenters. The van der Waals surface area contributed by atoms with E-state index in [-0.39, 0.29) is 11.8 Å². The van der Waals surface area contributed by atoms with E-state index in [4.69, 9.17) is 0 Å². The minimum Gasteiger partial charge on any atom is -0.349 e. The molecule has 5 heteroatoms. The lowest BCUT2D eigenvalue weighted by Gasteiger charge is -2.17. The molecule has 2 aliphatic rings. The Morgan fingerprint density at radius 2 is 2.39 bits per heavy atom. The molecule has 3 rings (SSSR count). The fourth-order valence-corrected chi connectivity index (χ4v) is 2.68. The van der Waals surface area contributed by atoms with Crippen molar-refractivity contribution in [2.24, 2.45) is 5.92 Å². The van der Waals surface area contributed by atoms with Crippen molar-refractivity contribution in [1.82, 2.24) is 20.1 Å². The molecule has 2 heterocycles. The summed E-state index contributed by atoms with van der Waals surface area (Å²) < 4.78 is 2.13. The minimum absolute atomic E-state index is 0.135. The normalized spacial score (nSPS) is 21.9. The van der Waals surface area contributed by atoms with E-state index in [2.05, 4.69) is 32.2 Å². The van der Waals surface area contributed by atoms with E-state index in [9.17, 15) is 4.79 Å². The van der Waals surface area contributed by atoms with Crippen LogP contribution in [-0.4, -0.2) is 20.7 Å². The van der Waals surface area contributed by atoms with E-state index in [1.807, 2.05) is 0 Å². The number of carbonyl (C=O) groups excluding carboxylic acids is 1. The van der Waals surface area contributed by atoms with Gasteiger partial charge in [0.2, 0.25) is 5.91 Å². The summed E-state index contributed by atoms with van der Waals surface area (Å²) in [6.45, 7) is 1.49. The molecule has 1 amide bonds. The quantitative estimate of drug-likeness (QED) is 0.815. The van der Waals surface area contributed by atoms with Crippen LogP contribution in [0.5, 0.6) is 0 Å². The van der Waals surface area contributed by atoms with Gasteiger partial charge in [0.25, 0.3) is 0 Å². The van der Waals surface area contributed by atoms with Gasteiger partial charge in [0.1, 0.15) is 5.82 Å². The molecule has 0 aromatic carbocycles. The number of aromatic nitrogens is 3. The highest BCUT2D eigenvalue weighted by atomic mass is 16.1. The van der Waals surface area contributed by atoms with Crippen LogP contribution in [0.25, 0.3) is 0 Å². The molecule has 1 unspecified atom stereocenters. The molecule has 0 saturated carbocycles. The molecule has 1 N–H and O–H groups in total. The van der Waals surface area contributed by atoms with Crippen LogP contribution in [-0.2, 0) is 24.3 Å². The van der Waals surface area contributed by atoms with Crippen molar-refractivity contribution in [3.63, 3.8) is 0 Å². The zero-order chi connectivity index (χ0) is 12.4. The third-order valence-corrected chi connectivity index (χ3v) is 3.75. The summed E-state index contributed by atoms with van der Waals surface area (Å²) >= 11 is 0. The number of rotatable bonds is 3. The number of carbonyl (C=O) groups is 1. The Bertz CT molecular complexity index is 477. The van der Waals surface area contributed by atoms with Gasteiger partial charge in [0, 0.05) is 18.9 Å². The third-order valence-electron chi connectivity index (χ3n) is 3.75. The molecule has 0 saturated heterocycles. The predicted molar refractivity (Wildman–Crippen MR) is 66.7 cm³/mol. The highest BCUT2D eigenvalue weighted by molar-refractivity contribution is 5.78. The fraction of sp³-hybridized carbons (Fsp3) is 0.615. The van der Waals surface area contributed by atoms with Crippen molar-refractivity contribution < 1.29 is 4.79 Å². The molecule has 1 aromatic heterocycles. The average Bonchev–Trinajstić information content (AvgIpc) is 3.00. The summed E-state index contributed by atoms with van der Waals surface area (Å²) in [5, 5.41) is 11.3. The molecular weight excluding hydrogens is 228 g/mol. The van der Waals surface area contributed by atoms with Crippen LogP contribution in [0.3, 0.4) is 0 Å². The zero-order valence-corrected chi connectivity index (χ0v) is 10.4. The van der Waals surface area contributed by atoms with E-state index in [0.29, 0.717) is 6.54 Å². The Hall–Kier alpha value is -1.65. The topological polar surface area (TPSA) is 59.8 Å². The monoisotopic (exact) mass is 246 g/mol. The molecule has 96 valence electrons. The first-order valence-corrected chi connectivity index (χ1v) is 6.68. The maximum atomic E-state index is 12.0. The number of aryl methyl sites for hydroxylation is 1. The lowest BCUT2D eigenvalue weighted by atomic mass is 9.94. The second-order valence-corrected chi connectivity index (χ2v) is 4.99. The summed E-state index contributed by atoms with van der Waals surface area (Å²) in [5.41, 5.74) is 0. The van der Waals surface area contributed by atoms with Crippen LogP contribution in [0.1, 0.15) is 37.3 Å². The number of nitrogens with zero attached hydrogens (tertiary/aromatic N) is 3. The van der Waals surface area contributed by atoms with Gasteiger partial charge < -0.3 is 9.88 Å². The van der Waals surface area contributed by atoms with Crippen LogP contribution in [0.2, 0.25) is 0 Å². The van der Waals surface area contributed by atoms with Gasteiger partial charge in [-0.05, 0) is 25.7 Å². The van der Waals surface area contributed by atoms with Crippen LogP contribution in [0.4, 0.5) is 0 Å². The summed E-state index contributed by atoms with van der Waals surface area (Å²) in [6.07, 6.45) is 9.23. The second-order valence-electron chi connectivity index (χ2n) is 4.99. The summed E-state index contributed by atoms with van der Waals surface area (Å²) in [7, 11) is 0. The second kappa shape index (κ2) is 4.92. The third kappa shape index (κ3) is 2.17. The van der Waals surface area contributed by atoms with Crippen LogP contribution in [0, 0.1) is 5.92 Å². The van der Waals surface area contributed by atoms with Crippen molar-refractivity contribution in [3.05, 3.63) is 23.8 Å². The largest absolute Gasteiger partial charge is 0.349 e. The van der Waals surface area contributed by atoms with Gasteiger partial charge in [-0.3, -0.25) is 4.79 Å². The number of fused-ring (bicyclic) bond motifs is 1. The maximum Gasteiger partial charge on any atom is 0.223 e. The van der Waals surface area contributed by atoms with Crippen LogP contribution >= 0.6 is 0 Å². The first-order chi connectivity index (χ1) is 8.84.